The van der Waals surface area contributed by atoms with E-state index < -0.39 is 23.9 Å². The molecule has 1 aliphatic rings. The lowest BCUT2D eigenvalue weighted by Gasteiger charge is -2.22. The van der Waals surface area contributed by atoms with E-state index in [4.69, 9.17) is 5.11 Å². The maximum absolute atomic E-state index is 13.4. The van der Waals surface area contributed by atoms with Crippen LogP contribution in [0.4, 0.5) is 14.9 Å². The molecule has 2 amide bonds. The summed E-state index contributed by atoms with van der Waals surface area (Å²) in [5, 5.41) is 11.6. The maximum atomic E-state index is 13.4. The van der Waals surface area contributed by atoms with E-state index >= 15 is 0 Å². The molecule has 102 valence electrons. The van der Waals surface area contributed by atoms with Crippen LogP contribution in [0.15, 0.2) is 18.2 Å². The Hall–Kier alpha value is -2.11. The zero-order valence-electron chi connectivity index (χ0n) is 10.5. The fourth-order valence-corrected chi connectivity index (χ4v) is 2.20. The standard InChI is InChI=1S/C13H15FN2O3/c1-8-9(14)4-2-5-10(8)15-13(19)16-7-3-6-11(16)12(17)18/h2,4-5,11H,3,6-7H2,1H3,(H,15,19)(H,17,18)/t11-/m0/s1. The number of nitrogens with zero attached hydrogens (tertiary/aromatic N) is 1. The number of nitrogens with one attached hydrogen (secondary N) is 1. The Morgan fingerprint density at radius 1 is 1.47 bits per heavy atom. The molecule has 1 saturated heterocycles. The zero-order valence-corrected chi connectivity index (χ0v) is 10.5. The summed E-state index contributed by atoms with van der Waals surface area (Å²) in [5.74, 6) is -1.42. The van der Waals surface area contributed by atoms with Crippen LogP contribution in [0.2, 0.25) is 0 Å². The molecule has 0 unspecified atom stereocenters. The number of rotatable bonds is 2. The number of benzene rings is 1. The number of carboxylic acids is 1. The van der Waals surface area contributed by atoms with Gasteiger partial charge in [-0.15, -0.1) is 0 Å². The van der Waals surface area contributed by atoms with Gasteiger partial charge in [-0.25, -0.2) is 14.0 Å². The largest absolute Gasteiger partial charge is 0.480 e. The second-order valence-electron chi connectivity index (χ2n) is 4.53. The summed E-state index contributed by atoms with van der Waals surface area (Å²) in [6, 6.07) is 3.09. The van der Waals surface area contributed by atoms with Crippen molar-refractivity contribution in [3.8, 4) is 0 Å². The van der Waals surface area contributed by atoms with E-state index in [0.29, 0.717) is 30.6 Å². The predicted molar refractivity (Wildman–Crippen MR) is 67.5 cm³/mol. The highest BCUT2D eigenvalue weighted by Gasteiger charge is 2.34. The van der Waals surface area contributed by atoms with Crippen LogP contribution in [0.3, 0.4) is 0 Å². The summed E-state index contributed by atoms with van der Waals surface area (Å²) >= 11 is 0. The van der Waals surface area contributed by atoms with Gasteiger partial charge >= 0.3 is 12.0 Å². The van der Waals surface area contributed by atoms with Gasteiger partial charge in [-0.2, -0.15) is 0 Å². The van der Waals surface area contributed by atoms with E-state index in [2.05, 4.69) is 5.32 Å². The Bertz CT molecular complexity index is 519. The minimum Gasteiger partial charge on any atom is -0.480 e. The molecule has 1 aromatic carbocycles. The van der Waals surface area contributed by atoms with Gasteiger partial charge in [-0.1, -0.05) is 6.07 Å². The minimum absolute atomic E-state index is 0.335. The summed E-state index contributed by atoms with van der Waals surface area (Å²) in [5.41, 5.74) is 0.697. The molecule has 0 radical (unpaired) electrons. The van der Waals surface area contributed by atoms with Crippen LogP contribution in [-0.2, 0) is 4.79 Å². The van der Waals surface area contributed by atoms with Crippen molar-refractivity contribution in [1.29, 1.82) is 0 Å². The third-order valence-corrected chi connectivity index (χ3v) is 3.31. The average molecular weight is 266 g/mol. The minimum atomic E-state index is -1.01. The molecule has 0 bridgehead atoms. The first-order valence-electron chi connectivity index (χ1n) is 6.06. The number of carbonyl (C=O) groups is 2. The van der Waals surface area contributed by atoms with Crippen LogP contribution in [0.5, 0.6) is 0 Å². The van der Waals surface area contributed by atoms with Crippen molar-refractivity contribution in [2.75, 3.05) is 11.9 Å². The fourth-order valence-electron chi connectivity index (χ4n) is 2.20. The number of aliphatic carboxylic acids is 1. The van der Waals surface area contributed by atoms with Crippen molar-refractivity contribution < 1.29 is 19.1 Å². The molecule has 5 nitrogen and oxygen atoms in total. The van der Waals surface area contributed by atoms with Crippen LogP contribution in [0, 0.1) is 12.7 Å². The smallest absolute Gasteiger partial charge is 0.326 e. The highest BCUT2D eigenvalue weighted by Crippen LogP contribution is 2.21. The van der Waals surface area contributed by atoms with Gasteiger partial charge in [0.2, 0.25) is 0 Å². The first-order chi connectivity index (χ1) is 9.00. The molecule has 1 aliphatic heterocycles. The van der Waals surface area contributed by atoms with Crippen LogP contribution in [-0.4, -0.2) is 34.6 Å². The van der Waals surface area contributed by atoms with Crippen molar-refractivity contribution in [2.45, 2.75) is 25.8 Å². The van der Waals surface area contributed by atoms with Crippen molar-refractivity contribution >= 4 is 17.7 Å². The lowest BCUT2D eigenvalue weighted by molar-refractivity contribution is -0.141. The van der Waals surface area contributed by atoms with Gasteiger partial charge in [0, 0.05) is 17.8 Å². The summed E-state index contributed by atoms with van der Waals surface area (Å²) < 4.78 is 13.4. The number of urea groups is 1. The van der Waals surface area contributed by atoms with Crippen LogP contribution in [0.1, 0.15) is 18.4 Å². The fraction of sp³-hybridized carbons (Fsp3) is 0.385. The highest BCUT2D eigenvalue weighted by atomic mass is 19.1. The van der Waals surface area contributed by atoms with Gasteiger partial charge in [0.05, 0.1) is 0 Å². The van der Waals surface area contributed by atoms with Gasteiger partial charge in [0.15, 0.2) is 0 Å². The van der Waals surface area contributed by atoms with Gasteiger partial charge < -0.3 is 15.3 Å². The average Bonchev–Trinajstić information content (AvgIpc) is 2.84. The number of carbonyl (C=O) groups excluding carboxylic acids is 1. The van der Waals surface area contributed by atoms with Gasteiger partial charge in [-0.05, 0) is 31.9 Å². The Morgan fingerprint density at radius 3 is 2.89 bits per heavy atom. The number of hydrogen-bond acceptors (Lipinski definition) is 2. The third-order valence-electron chi connectivity index (χ3n) is 3.31. The number of anilines is 1. The van der Waals surface area contributed by atoms with Crippen LogP contribution >= 0.6 is 0 Å². The van der Waals surface area contributed by atoms with Gasteiger partial charge in [-0.3, -0.25) is 0 Å². The number of likely N-dealkylation sites (tertiary alicyclic amines) is 1. The maximum Gasteiger partial charge on any atom is 0.326 e. The molecule has 0 saturated carbocycles. The molecule has 2 rings (SSSR count). The van der Waals surface area contributed by atoms with Crippen molar-refractivity contribution in [1.82, 2.24) is 4.90 Å². The highest BCUT2D eigenvalue weighted by molar-refractivity contribution is 5.93. The molecule has 2 N–H and O–H groups in total. The Balaban J connectivity index is 2.13. The third kappa shape index (κ3) is 2.67. The number of halogens is 1. The number of amides is 2. The van der Waals surface area contributed by atoms with E-state index in [9.17, 15) is 14.0 Å². The number of hydrogen-bond donors (Lipinski definition) is 2. The molecule has 0 aliphatic carbocycles. The first-order valence-corrected chi connectivity index (χ1v) is 6.06. The summed E-state index contributed by atoms with van der Waals surface area (Å²) in [7, 11) is 0. The quantitative estimate of drug-likeness (QED) is 0.862. The lowest BCUT2D eigenvalue weighted by atomic mass is 10.2. The molecule has 0 aromatic heterocycles. The van der Waals surface area contributed by atoms with Gasteiger partial charge in [0.1, 0.15) is 11.9 Å². The van der Waals surface area contributed by atoms with Crippen LogP contribution < -0.4 is 5.32 Å². The normalized spacial score (nSPS) is 18.4. The second kappa shape index (κ2) is 5.26. The van der Waals surface area contributed by atoms with E-state index in [1.165, 1.54) is 17.0 Å². The van der Waals surface area contributed by atoms with E-state index in [1.807, 2.05) is 0 Å². The topological polar surface area (TPSA) is 69.6 Å². The van der Waals surface area contributed by atoms with E-state index in [0.717, 1.165) is 0 Å². The molecule has 1 atom stereocenters. The Morgan fingerprint density at radius 2 is 2.21 bits per heavy atom. The lowest BCUT2D eigenvalue weighted by Crippen LogP contribution is -2.42. The molecule has 1 heterocycles. The van der Waals surface area contributed by atoms with Gasteiger partial charge in [0.25, 0.3) is 0 Å². The summed E-state index contributed by atoms with van der Waals surface area (Å²) in [6.07, 6.45) is 1.11. The summed E-state index contributed by atoms with van der Waals surface area (Å²) in [4.78, 5) is 24.3. The molecule has 0 spiro atoms. The monoisotopic (exact) mass is 266 g/mol. The molecule has 1 aromatic rings. The van der Waals surface area contributed by atoms with Crippen LogP contribution in [0.25, 0.3) is 0 Å². The molecular formula is C13H15FN2O3. The second-order valence-corrected chi connectivity index (χ2v) is 4.53. The van der Waals surface area contributed by atoms with Crippen molar-refractivity contribution in [3.63, 3.8) is 0 Å². The predicted octanol–water partition coefficient (Wildman–Crippen LogP) is 2.22. The van der Waals surface area contributed by atoms with Crippen molar-refractivity contribution in [2.24, 2.45) is 0 Å². The first kappa shape index (κ1) is 13.3. The Kier molecular flexibility index (Phi) is 3.69. The molecule has 6 heteroatoms. The SMILES string of the molecule is Cc1c(F)cccc1NC(=O)N1CCC[C@H]1C(=O)O. The zero-order chi connectivity index (χ0) is 14.0. The molecule has 19 heavy (non-hydrogen) atoms. The van der Waals surface area contributed by atoms with E-state index in [1.54, 1.807) is 13.0 Å². The molecular weight excluding hydrogens is 251 g/mol. The van der Waals surface area contributed by atoms with E-state index in [-0.39, 0.29) is 0 Å². The van der Waals surface area contributed by atoms with Crippen molar-refractivity contribution in [3.05, 3.63) is 29.6 Å². The Labute approximate surface area is 110 Å². The molecule has 1 fully saturated rings. The number of carboxylic acid groups (broad SMARTS) is 1. The summed E-state index contributed by atoms with van der Waals surface area (Å²) in [6.45, 7) is 1.96.